The van der Waals surface area contributed by atoms with Crippen LogP contribution >= 0.6 is 0 Å². The minimum atomic E-state index is -4.01. The molecule has 3 aromatic rings. The highest BCUT2D eigenvalue weighted by atomic mass is 32.2. The number of halogens is 1. The van der Waals surface area contributed by atoms with Crippen molar-refractivity contribution in [3.63, 3.8) is 0 Å². The first-order valence-electron chi connectivity index (χ1n) is 13.4. The van der Waals surface area contributed by atoms with Gasteiger partial charge in [0.05, 0.1) is 10.5 Å². The number of amides is 1. The molecule has 0 aliphatic carbocycles. The van der Waals surface area contributed by atoms with Gasteiger partial charge in [0.25, 0.3) is 0 Å². The van der Waals surface area contributed by atoms with Crippen LogP contribution in [0.25, 0.3) is 0 Å². The molecule has 2 N–H and O–H groups in total. The molecule has 1 aliphatic rings. The van der Waals surface area contributed by atoms with E-state index in [4.69, 9.17) is 5.11 Å². The molecule has 1 atom stereocenters. The van der Waals surface area contributed by atoms with Crippen molar-refractivity contribution in [2.24, 2.45) is 0 Å². The first-order valence-corrected chi connectivity index (χ1v) is 14.8. The van der Waals surface area contributed by atoms with Crippen molar-refractivity contribution in [1.82, 2.24) is 9.62 Å². The number of aromatic carboxylic acids is 1. The molecule has 1 aliphatic heterocycles. The maximum absolute atomic E-state index is 14.5. The number of carbonyl (C=O) groups excluding carboxylic acids is 1. The first-order chi connectivity index (χ1) is 19.1. The summed E-state index contributed by atoms with van der Waals surface area (Å²) >= 11 is 0. The third-order valence-corrected chi connectivity index (χ3v) is 9.07. The Hall–Kier alpha value is -3.76. The van der Waals surface area contributed by atoms with Crippen LogP contribution in [0.15, 0.2) is 71.6 Å². The summed E-state index contributed by atoms with van der Waals surface area (Å²) < 4.78 is 43.0. The van der Waals surface area contributed by atoms with E-state index in [0.29, 0.717) is 5.69 Å². The fourth-order valence-electron chi connectivity index (χ4n) is 4.83. The second-order valence-electron chi connectivity index (χ2n) is 9.83. The summed E-state index contributed by atoms with van der Waals surface area (Å²) in [7, 11) is -4.01. The number of nitrogens with one attached hydrogen (secondary N) is 1. The third kappa shape index (κ3) is 6.51. The lowest BCUT2D eigenvalue weighted by Gasteiger charge is -2.40. The van der Waals surface area contributed by atoms with Crippen LogP contribution in [-0.4, -0.2) is 55.4 Å². The number of anilines is 1. The van der Waals surface area contributed by atoms with Gasteiger partial charge in [-0.3, -0.25) is 4.79 Å². The molecule has 1 unspecified atom stereocenters. The van der Waals surface area contributed by atoms with E-state index in [1.54, 1.807) is 29.2 Å². The van der Waals surface area contributed by atoms with Crippen LogP contribution in [0, 0.1) is 5.82 Å². The highest BCUT2D eigenvalue weighted by Gasteiger charge is 2.40. The standard InChI is InChI=1S/C30H34FN3O5S/c1-3-5-22-6-8-23(9-7-22)19-32-29(35)28-20-33(24-12-15-26(30(36)37)27(31)18-24)16-17-34(28)40(38,39)25-13-10-21(4-2)11-14-25/h6-15,18,28H,3-5,16-17,19-20H2,1-2H3,(H,32,35)(H,36,37). The lowest BCUT2D eigenvalue weighted by atomic mass is 10.1. The SMILES string of the molecule is CCCc1ccc(CNC(=O)C2CN(c3ccc(C(=O)O)c(F)c3)CCN2S(=O)(=O)c2ccc(CC)cc2)cc1. The van der Waals surface area contributed by atoms with Crippen LogP contribution in [-0.2, 0) is 34.2 Å². The molecule has 212 valence electrons. The molecular weight excluding hydrogens is 533 g/mol. The van der Waals surface area contributed by atoms with Gasteiger partial charge in [-0.25, -0.2) is 17.6 Å². The fraction of sp³-hybridized carbons (Fsp3) is 0.333. The molecule has 3 aromatic carbocycles. The quantitative estimate of drug-likeness (QED) is 0.380. The average molecular weight is 568 g/mol. The predicted octanol–water partition coefficient (Wildman–Crippen LogP) is 4.23. The van der Waals surface area contributed by atoms with Crippen molar-refractivity contribution in [2.45, 2.75) is 50.6 Å². The lowest BCUT2D eigenvalue weighted by molar-refractivity contribution is -0.125. The monoisotopic (exact) mass is 567 g/mol. The van der Waals surface area contributed by atoms with Crippen molar-refractivity contribution >= 4 is 27.6 Å². The summed E-state index contributed by atoms with van der Waals surface area (Å²) in [5, 5.41) is 12.0. The topological polar surface area (TPSA) is 107 Å². The van der Waals surface area contributed by atoms with Gasteiger partial charge in [0.1, 0.15) is 11.9 Å². The molecule has 0 bridgehead atoms. The highest BCUT2D eigenvalue weighted by Crippen LogP contribution is 2.27. The number of carboxylic acid groups (broad SMARTS) is 1. The number of aryl methyl sites for hydroxylation is 2. The zero-order chi connectivity index (χ0) is 28.9. The Morgan fingerprint density at radius 3 is 2.20 bits per heavy atom. The number of sulfonamides is 1. The number of carbonyl (C=O) groups is 2. The van der Waals surface area contributed by atoms with Gasteiger partial charge in [0.2, 0.25) is 15.9 Å². The van der Waals surface area contributed by atoms with Crippen LogP contribution in [0.3, 0.4) is 0 Å². The third-order valence-electron chi connectivity index (χ3n) is 7.15. The first kappa shape index (κ1) is 29.2. The van der Waals surface area contributed by atoms with Crippen molar-refractivity contribution in [2.75, 3.05) is 24.5 Å². The summed E-state index contributed by atoms with van der Waals surface area (Å²) in [5.74, 6) is -2.75. The number of piperazine rings is 1. The van der Waals surface area contributed by atoms with E-state index in [9.17, 15) is 22.4 Å². The minimum absolute atomic E-state index is 0.00996. The Kier molecular flexibility index (Phi) is 9.21. The van der Waals surface area contributed by atoms with Gasteiger partial charge in [-0.05, 0) is 59.9 Å². The fourth-order valence-corrected chi connectivity index (χ4v) is 6.40. The zero-order valence-electron chi connectivity index (χ0n) is 22.6. The van der Waals surface area contributed by atoms with Crippen LogP contribution in [0.1, 0.15) is 47.3 Å². The van der Waals surface area contributed by atoms with E-state index in [1.165, 1.54) is 22.0 Å². The summed E-state index contributed by atoms with van der Waals surface area (Å²) in [4.78, 5) is 26.6. The van der Waals surface area contributed by atoms with E-state index in [1.807, 2.05) is 31.2 Å². The Labute approximate surface area is 234 Å². The van der Waals surface area contributed by atoms with E-state index in [0.717, 1.165) is 36.5 Å². The Bertz CT molecular complexity index is 1460. The van der Waals surface area contributed by atoms with Crippen molar-refractivity contribution in [3.05, 3.63) is 94.8 Å². The second kappa shape index (κ2) is 12.6. The van der Waals surface area contributed by atoms with Gasteiger partial charge in [-0.15, -0.1) is 0 Å². The minimum Gasteiger partial charge on any atom is -0.478 e. The number of benzene rings is 3. The molecule has 1 heterocycles. The highest BCUT2D eigenvalue weighted by molar-refractivity contribution is 7.89. The predicted molar refractivity (Wildman–Crippen MR) is 151 cm³/mol. The lowest BCUT2D eigenvalue weighted by Crippen LogP contribution is -2.60. The molecule has 0 spiro atoms. The summed E-state index contributed by atoms with van der Waals surface area (Å²) in [6.07, 6.45) is 2.76. The van der Waals surface area contributed by atoms with Gasteiger partial charge in [-0.2, -0.15) is 4.31 Å². The number of rotatable bonds is 10. The number of nitrogens with zero attached hydrogens (tertiary/aromatic N) is 2. The van der Waals surface area contributed by atoms with Crippen molar-refractivity contribution < 1.29 is 27.5 Å². The van der Waals surface area contributed by atoms with Gasteiger partial charge >= 0.3 is 5.97 Å². The smallest absolute Gasteiger partial charge is 0.338 e. The molecule has 1 saturated heterocycles. The normalized spacial score (nSPS) is 16.1. The molecule has 0 saturated carbocycles. The van der Waals surface area contributed by atoms with Crippen molar-refractivity contribution in [1.29, 1.82) is 0 Å². The van der Waals surface area contributed by atoms with Gasteiger partial charge in [-0.1, -0.05) is 56.7 Å². The summed E-state index contributed by atoms with van der Waals surface area (Å²) in [5.41, 5.74) is 3.00. The van der Waals surface area contributed by atoms with Crippen LogP contribution in [0.2, 0.25) is 0 Å². The van der Waals surface area contributed by atoms with Crippen LogP contribution in [0.5, 0.6) is 0 Å². The molecule has 0 radical (unpaired) electrons. The van der Waals surface area contributed by atoms with E-state index in [2.05, 4.69) is 12.2 Å². The number of hydrogen-bond acceptors (Lipinski definition) is 5. The molecular formula is C30H34FN3O5S. The average Bonchev–Trinajstić information content (AvgIpc) is 2.96. The Balaban J connectivity index is 1.59. The van der Waals surface area contributed by atoms with E-state index in [-0.39, 0.29) is 31.1 Å². The van der Waals surface area contributed by atoms with Crippen LogP contribution < -0.4 is 10.2 Å². The Morgan fingerprint density at radius 1 is 0.950 bits per heavy atom. The molecule has 8 nitrogen and oxygen atoms in total. The Morgan fingerprint density at radius 2 is 1.60 bits per heavy atom. The summed E-state index contributed by atoms with van der Waals surface area (Å²) in [6, 6.07) is 17.2. The van der Waals surface area contributed by atoms with E-state index >= 15 is 0 Å². The summed E-state index contributed by atoms with van der Waals surface area (Å²) in [6.45, 7) is 4.47. The number of carboxylic acids is 1. The maximum Gasteiger partial charge on any atom is 0.338 e. The maximum atomic E-state index is 14.5. The van der Waals surface area contributed by atoms with Gasteiger partial charge < -0.3 is 15.3 Å². The van der Waals surface area contributed by atoms with Gasteiger partial charge in [0, 0.05) is 31.9 Å². The number of hydrogen-bond donors (Lipinski definition) is 2. The van der Waals surface area contributed by atoms with E-state index < -0.39 is 39.3 Å². The van der Waals surface area contributed by atoms with Gasteiger partial charge in [0.15, 0.2) is 0 Å². The molecule has 1 amide bonds. The molecule has 10 heteroatoms. The largest absolute Gasteiger partial charge is 0.478 e. The molecule has 1 fully saturated rings. The van der Waals surface area contributed by atoms with Crippen LogP contribution in [0.4, 0.5) is 10.1 Å². The molecule has 0 aromatic heterocycles. The molecule has 4 rings (SSSR count). The van der Waals surface area contributed by atoms with Crippen molar-refractivity contribution in [3.8, 4) is 0 Å². The molecule has 40 heavy (non-hydrogen) atoms. The second-order valence-corrected chi connectivity index (χ2v) is 11.7. The zero-order valence-corrected chi connectivity index (χ0v) is 23.5.